The number of hydrogen-bond acceptors (Lipinski definition) is 5. The van der Waals surface area contributed by atoms with Crippen molar-refractivity contribution in [3.05, 3.63) is 45.7 Å². The number of benzene rings is 1. The van der Waals surface area contributed by atoms with E-state index in [2.05, 4.69) is 31.2 Å². The number of carbonyl (C=O) groups excluding carboxylic acids is 1. The van der Waals surface area contributed by atoms with Gasteiger partial charge in [0.2, 0.25) is 5.91 Å². The Morgan fingerprint density at radius 1 is 1.25 bits per heavy atom. The molecule has 3 aromatic rings. The van der Waals surface area contributed by atoms with E-state index in [1.54, 1.807) is 0 Å². The number of hydrogen-bond donors (Lipinski definition) is 1. The molecule has 8 heteroatoms. The van der Waals surface area contributed by atoms with Gasteiger partial charge in [0.1, 0.15) is 0 Å². The van der Waals surface area contributed by atoms with Crippen LogP contribution in [0, 0.1) is 13.8 Å². The van der Waals surface area contributed by atoms with Gasteiger partial charge in [-0.2, -0.15) is 5.10 Å². The van der Waals surface area contributed by atoms with Gasteiger partial charge in [0.25, 0.3) is 0 Å². The van der Waals surface area contributed by atoms with Crippen LogP contribution >= 0.6 is 11.6 Å². The second-order valence-electron chi connectivity index (χ2n) is 8.45. The largest absolute Gasteiger partial charge is 0.489 e. The predicted octanol–water partition coefficient (Wildman–Crippen LogP) is 4.69. The van der Waals surface area contributed by atoms with Crippen molar-refractivity contribution in [2.75, 3.05) is 13.2 Å². The lowest BCUT2D eigenvalue weighted by Gasteiger charge is -2.13. The van der Waals surface area contributed by atoms with Crippen molar-refractivity contribution >= 4 is 28.5 Å². The first-order valence-corrected chi connectivity index (χ1v) is 11.4. The lowest BCUT2D eigenvalue weighted by atomic mass is 10.0. The third kappa shape index (κ3) is 4.53. The third-order valence-corrected chi connectivity index (χ3v) is 6.06. The van der Waals surface area contributed by atoms with Gasteiger partial charge < -0.3 is 14.8 Å². The zero-order valence-electron chi connectivity index (χ0n) is 19.0. The summed E-state index contributed by atoms with van der Waals surface area (Å²) in [7, 11) is 0. The van der Waals surface area contributed by atoms with Crippen molar-refractivity contribution in [2.24, 2.45) is 0 Å². The molecule has 170 valence electrons. The molecule has 1 aliphatic heterocycles. The number of aromatic nitrogens is 3. The molecule has 2 aromatic heterocycles. The molecule has 0 saturated heterocycles. The average molecular weight is 457 g/mol. The van der Waals surface area contributed by atoms with E-state index in [1.807, 2.05) is 29.9 Å². The minimum Gasteiger partial charge on any atom is -0.489 e. The summed E-state index contributed by atoms with van der Waals surface area (Å²) < 4.78 is 13.3. The molecule has 4 rings (SSSR count). The number of carbonyl (C=O) groups is 1. The van der Waals surface area contributed by atoms with E-state index >= 15 is 0 Å². The van der Waals surface area contributed by atoms with E-state index in [-0.39, 0.29) is 11.9 Å². The Labute approximate surface area is 193 Å². The second kappa shape index (κ2) is 9.36. The summed E-state index contributed by atoms with van der Waals surface area (Å²) in [6.07, 6.45) is 3.69. The Balaban J connectivity index is 1.41. The molecular formula is C24H29ClN4O3. The molecule has 1 aromatic carbocycles. The molecule has 0 spiro atoms. The lowest BCUT2D eigenvalue weighted by Crippen LogP contribution is -2.23. The first-order chi connectivity index (χ1) is 15.3. The summed E-state index contributed by atoms with van der Waals surface area (Å²) in [6.45, 7) is 9.81. The van der Waals surface area contributed by atoms with Crippen LogP contribution in [0.2, 0.25) is 5.02 Å². The molecule has 0 fully saturated rings. The van der Waals surface area contributed by atoms with Crippen LogP contribution in [0.15, 0.2) is 18.3 Å². The highest BCUT2D eigenvalue weighted by Crippen LogP contribution is 2.38. The molecular weight excluding hydrogens is 428 g/mol. The lowest BCUT2D eigenvalue weighted by molar-refractivity contribution is -0.121. The maximum Gasteiger partial charge on any atom is 0.220 e. The van der Waals surface area contributed by atoms with Crippen LogP contribution in [0.4, 0.5) is 0 Å². The number of ether oxygens (including phenoxy) is 2. The molecule has 7 nitrogen and oxygen atoms in total. The SMILES string of the molecule is Cc1nc2c(cnn2C(C)C)c(C)c1CCC(=O)NCc1cc(Cl)c2c(c1)OCCCO2. The van der Waals surface area contributed by atoms with E-state index in [1.165, 1.54) is 0 Å². The number of aryl methyl sites for hydroxylation is 2. The fourth-order valence-electron chi connectivity index (χ4n) is 4.05. The van der Waals surface area contributed by atoms with Gasteiger partial charge in [-0.1, -0.05) is 11.6 Å². The molecule has 0 aliphatic carbocycles. The quantitative estimate of drug-likeness (QED) is 0.582. The highest BCUT2D eigenvalue weighted by Gasteiger charge is 2.17. The molecule has 1 N–H and O–H groups in total. The molecule has 0 radical (unpaired) electrons. The highest BCUT2D eigenvalue weighted by molar-refractivity contribution is 6.32. The normalized spacial score (nSPS) is 13.4. The summed E-state index contributed by atoms with van der Waals surface area (Å²) in [5.74, 6) is 1.19. The van der Waals surface area contributed by atoms with E-state index in [9.17, 15) is 4.79 Å². The van der Waals surface area contributed by atoms with Gasteiger partial charge >= 0.3 is 0 Å². The van der Waals surface area contributed by atoms with Crippen molar-refractivity contribution in [2.45, 2.75) is 59.5 Å². The fourth-order valence-corrected chi connectivity index (χ4v) is 4.34. The molecule has 32 heavy (non-hydrogen) atoms. The minimum absolute atomic E-state index is 0.0231. The summed E-state index contributed by atoms with van der Waals surface area (Å²) >= 11 is 6.35. The van der Waals surface area contributed by atoms with Crippen LogP contribution in [0.3, 0.4) is 0 Å². The van der Waals surface area contributed by atoms with Crippen LogP contribution in [-0.4, -0.2) is 33.9 Å². The summed E-state index contributed by atoms with van der Waals surface area (Å²) in [4.78, 5) is 17.3. The van der Waals surface area contributed by atoms with Crippen LogP contribution in [-0.2, 0) is 17.8 Å². The van der Waals surface area contributed by atoms with E-state index in [0.29, 0.717) is 49.1 Å². The topological polar surface area (TPSA) is 78.3 Å². The van der Waals surface area contributed by atoms with E-state index in [0.717, 1.165) is 39.8 Å². The van der Waals surface area contributed by atoms with Gasteiger partial charge in [0, 0.05) is 36.5 Å². The Morgan fingerprint density at radius 3 is 2.81 bits per heavy atom. The van der Waals surface area contributed by atoms with Crippen molar-refractivity contribution in [3.63, 3.8) is 0 Å². The fraction of sp³-hybridized carbons (Fsp3) is 0.458. The van der Waals surface area contributed by atoms with Crippen molar-refractivity contribution in [1.29, 1.82) is 0 Å². The average Bonchev–Trinajstić information content (AvgIpc) is 3.02. The van der Waals surface area contributed by atoms with Gasteiger partial charge in [-0.05, 0) is 62.9 Å². The smallest absolute Gasteiger partial charge is 0.220 e. The van der Waals surface area contributed by atoms with Crippen LogP contribution in [0.25, 0.3) is 11.0 Å². The third-order valence-electron chi connectivity index (χ3n) is 5.78. The molecule has 1 amide bonds. The molecule has 0 bridgehead atoms. The second-order valence-corrected chi connectivity index (χ2v) is 8.86. The van der Waals surface area contributed by atoms with Gasteiger partial charge in [-0.15, -0.1) is 0 Å². The van der Waals surface area contributed by atoms with Gasteiger partial charge in [-0.3, -0.25) is 4.79 Å². The van der Waals surface area contributed by atoms with Crippen molar-refractivity contribution in [3.8, 4) is 11.5 Å². The number of nitrogens with zero attached hydrogens (tertiary/aromatic N) is 3. The zero-order valence-corrected chi connectivity index (χ0v) is 19.8. The summed E-state index contributed by atoms with van der Waals surface area (Å²) in [6, 6.07) is 3.94. The first kappa shape index (κ1) is 22.4. The van der Waals surface area contributed by atoms with E-state index in [4.69, 9.17) is 26.1 Å². The number of nitrogens with one attached hydrogen (secondary N) is 1. The molecule has 0 saturated carbocycles. The molecule has 3 heterocycles. The maximum absolute atomic E-state index is 12.6. The van der Waals surface area contributed by atoms with E-state index < -0.39 is 0 Å². The monoisotopic (exact) mass is 456 g/mol. The van der Waals surface area contributed by atoms with Crippen LogP contribution in [0.1, 0.15) is 55.1 Å². The molecule has 0 unspecified atom stereocenters. The predicted molar refractivity (Wildman–Crippen MR) is 125 cm³/mol. The van der Waals surface area contributed by atoms with Crippen LogP contribution < -0.4 is 14.8 Å². The number of fused-ring (bicyclic) bond motifs is 2. The standard InChI is InChI=1S/C24H29ClN4O3/c1-14(2)29-24-19(13-27-29)15(3)18(16(4)28-24)6-7-22(30)26-12-17-10-20(25)23-21(11-17)31-8-5-9-32-23/h10-11,13-14H,5-9,12H2,1-4H3,(H,26,30). The molecule has 0 atom stereocenters. The minimum atomic E-state index is -0.0231. The zero-order chi connectivity index (χ0) is 22.8. The maximum atomic E-state index is 12.6. The Morgan fingerprint density at radius 2 is 2.03 bits per heavy atom. The first-order valence-electron chi connectivity index (χ1n) is 11.0. The van der Waals surface area contributed by atoms with Crippen LogP contribution in [0.5, 0.6) is 11.5 Å². The Hall–Kier alpha value is -2.80. The summed E-state index contributed by atoms with van der Waals surface area (Å²) in [5, 5.41) is 9.01. The number of halogens is 1. The Kier molecular flexibility index (Phi) is 6.55. The Bertz CT molecular complexity index is 1160. The number of pyridine rings is 1. The van der Waals surface area contributed by atoms with Gasteiger partial charge in [0.05, 0.1) is 24.4 Å². The van der Waals surface area contributed by atoms with Gasteiger partial charge in [-0.25, -0.2) is 9.67 Å². The number of amides is 1. The van der Waals surface area contributed by atoms with Gasteiger partial charge in [0.15, 0.2) is 17.1 Å². The van der Waals surface area contributed by atoms with Crippen molar-refractivity contribution in [1.82, 2.24) is 20.1 Å². The number of rotatable bonds is 6. The summed E-state index contributed by atoms with van der Waals surface area (Å²) in [5.41, 5.74) is 4.97. The highest BCUT2D eigenvalue weighted by atomic mass is 35.5. The van der Waals surface area contributed by atoms with Crippen molar-refractivity contribution < 1.29 is 14.3 Å². The molecule has 1 aliphatic rings.